The number of hydrogen-bond acceptors (Lipinski definition) is 9. The van der Waals surface area contributed by atoms with Crippen molar-refractivity contribution in [1.29, 1.82) is 0 Å². The van der Waals surface area contributed by atoms with Crippen molar-refractivity contribution in [1.82, 2.24) is 15.0 Å². The van der Waals surface area contributed by atoms with Gasteiger partial charge in [-0.05, 0) is 41.5 Å². The molecule has 0 spiro atoms. The van der Waals surface area contributed by atoms with Crippen molar-refractivity contribution < 1.29 is 19.7 Å². The van der Waals surface area contributed by atoms with Crippen LogP contribution in [-0.2, 0) is 23.2 Å². The Morgan fingerprint density at radius 3 is 2.36 bits per heavy atom. The standard InChI is InChI=1S/C32H36N6O4/c1-32(2,20-40)23-10-8-22(9-11-23)30(41)34-27-5-3-4-25(26(27)19-39)29-35-28(36-31(33)37-29)18-21-6-12-24(13-7-21)38-14-16-42-17-15-38/h3-13,39-40H,14-20H2,1-2H3,(H,34,41)(H2,33,35,36,37). The Balaban J connectivity index is 1.35. The highest BCUT2D eigenvalue weighted by atomic mass is 16.5. The first kappa shape index (κ1) is 29.1. The summed E-state index contributed by atoms with van der Waals surface area (Å²) in [5.41, 5.74) is 10.7. The van der Waals surface area contributed by atoms with Crippen LogP contribution < -0.4 is 16.0 Å². The molecular weight excluding hydrogens is 532 g/mol. The lowest BCUT2D eigenvalue weighted by molar-refractivity contribution is 0.102. The number of morpholine rings is 1. The molecule has 42 heavy (non-hydrogen) atoms. The third-order valence-electron chi connectivity index (χ3n) is 7.52. The molecule has 5 rings (SSSR count). The van der Waals surface area contributed by atoms with E-state index in [1.807, 2.05) is 26.0 Å². The second-order valence-electron chi connectivity index (χ2n) is 10.9. The minimum absolute atomic E-state index is 0.00426. The number of nitrogens with one attached hydrogen (secondary N) is 1. The molecule has 1 aliphatic rings. The van der Waals surface area contributed by atoms with Crippen LogP contribution in [0.25, 0.3) is 11.4 Å². The summed E-state index contributed by atoms with van der Waals surface area (Å²) < 4.78 is 5.44. The van der Waals surface area contributed by atoms with Crippen molar-refractivity contribution in [3.05, 3.63) is 94.8 Å². The van der Waals surface area contributed by atoms with Crippen molar-refractivity contribution in [2.45, 2.75) is 32.3 Å². The zero-order valence-electron chi connectivity index (χ0n) is 23.9. The number of aromatic nitrogens is 3. The molecule has 1 aromatic heterocycles. The maximum absolute atomic E-state index is 13.1. The second kappa shape index (κ2) is 12.6. The summed E-state index contributed by atoms with van der Waals surface area (Å²) in [6, 6.07) is 20.6. The van der Waals surface area contributed by atoms with Crippen LogP contribution in [0.2, 0.25) is 0 Å². The lowest BCUT2D eigenvalue weighted by atomic mass is 9.85. The van der Waals surface area contributed by atoms with Gasteiger partial charge >= 0.3 is 0 Å². The zero-order chi connectivity index (χ0) is 29.7. The number of nitrogens with two attached hydrogens (primary N) is 1. The van der Waals surface area contributed by atoms with E-state index in [4.69, 9.17) is 10.5 Å². The maximum atomic E-state index is 13.1. The Hall–Kier alpha value is -4.38. The largest absolute Gasteiger partial charge is 0.395 e. The number of aliphatic hydroxyl groups excluding tert-OH is 2. The highest BCUT2D eigenvalue weighted by molar-refractivity contribution is 6.05. The molecule has 218 valence electrons. The van der Waals surface area contributed by atoms with E-state index < -0.39 is 5.41 Å². The van der Waals surface area contributed by atoms with Gasteiger partial charge in [0.2, 0.25) is 5.95 Å². The van der Waals surface area contributed by atoms with Crippen molar-refractivity contribution in [2.75, 3.05) is 48.9 Å². The molecule has 10 nitrogen and oxygen atoms in total. The van der Waals surface area contributed by atoms with Gasteiger partial charge in [0.1, 0.15) is 5.82 Å². The van der Waals surface area contributed by atoms with Gasteiger partial charge < -0.3 is 30.9 Å². The van der Waals surface area contributed by atoms with E-state index in [1.54, 1.807) is 30.3 Å². The number of carbonyl (C=O) groups excluding carboxylic acids is 1. The summed E-state index contributed by atoms with van der Waals surface area (Å²) >= 11 is 0. The molecule has 0 bridgehead atoms. The number of carbonyl (C=O) groups is 1. The number of ether oxygens (including phenoxy) is 1. The fourth-order valence-corrected chi connectivity index (χ4v) is 4.91. The molecule has 1 aliphatic heterocycles. The van der Waals surface area contributed by atoms with Crippen LogP contribution in [0.1, 0.15) is 46.7 Å². The molecular formula is C32H36N6O4. The Kier molecular flexibility index (Phi) is 8.77. The minimum atomic E-state index is -0.412. The van der Waals surface area contributed by atoms with Gasteiger partial charge in [0.25, 0.3) is 5.91 Å². The molecule has 1 amide bonds. The number of anilines is 3. The van der Waals surface area contributed by atoms with Gasteiger partial charge in [0.15, 0.2) is 5.82 Å². The maximum Gasteiger partial charge on any atom is 0.255 e. The Labute approximate surface area is 245 Å². The second-order valence-corrected chi connectivity index (χ2v) is 10.9. The number of nitrogens with zero attached hydrogens (tertiary/aromatic N) is 4. The van der Waals surface area contributed by atoms with Gasteiger partial charge in [0, 0.05) is 53.0 Å². The zero-order valence-corrected chi connectivity index (χ0v) is 23.9. The topological polar surface area (TPSA) is 147 Å². The molecule has 0 radical (unpaired) electrons. The van der Waals surface area contributed by atoms with Gasteiger partial charge in [0.05, 0.1) is 26.4 Å². The monoisotopic (exact) mass is 568 g/mol. The molecule has 0 aliphatic carbocycles. The third-order valence-corrected chi connectivity index (χ3v) is 7.52. The van der Waals surface area contributed by atoms with Crippen LogP contribution in [0.4, 0.5) is 17.3 Å². The smallest absolute Gasteiger partial charge is 0.255 e. The molecule has 2 heterocycles. The number of benzene rings is 3. The molecule has 5 N–H and O–H groups in total. The van der Waals surface area contributed by atoms with Crippen molar-refractivity contribution in [2.24, 2.45) is 0 Å². The van der Waals surface area contributed by atoms with E-state index in [-0.39, 0.29) is 25.1 Å². The number of aliphatic hydroxyl groups is 2. The van der Waals surface area contributed by atoms with Crippen LogP contribution >= 0.6 is 0 Å². The average molecular weight is 569 g/mol. The SMILES string of the molecule is CC(C)(CO)c1ccc(C(=O)Nc2cccc(-c3nc(N)nc(Cc4ccc(N5CCOCC5)cc4)n3)c2CO)cc1. The number of rotatable bonds is 9. The van der Waals surface area contributed by atoms with Crippen LogP contribution in [-0.4, -0.2) is 64.0 Å². The first-order valence-corrected chi connectivity index (χ1v) is 14.0. The molecule has 3 aromatic carbocycles. The van der Waals surface area contributed by atoms with E-state index in [0.29, 0.717) is 40.4 Å². The average Bonchev–Trinajstić information content (AvgIpc) is 3.01. The number of amides is 1. The highest BCUT2D eigenvalue weighted by Crippen LogP contribution is 2.29. The van der Waals surface area contributed by atoms with Crippen LogP contribution in [0.5, 0.6) is 0 Å². The lowest BCUT2D eigenvalue weighted by Crippen LogP contribution is -2.36. The van der Waals surface area contributed by atoms with Crippen LogP contribution in [0.15, 0.2) is 66.7 Å². The van der Waals surface area contributed by atoms with Crippen molar-refractivity contribution in [3.63, 3.8) is 0 Å². The van der Waals surface area contributed by atoms with Crippen molar-refractivity contribution >= 4 is 23.2 Å². The number of hydrogen-bond donors (Lipinski definition) is 4. The predicted octanol–water partition coefficient (Wildman–Crippen LogP) is 3.56. The first-order chi connectivity index (χ1) is 20.3. The van der Waals surface area contributed by atoms with E-state index in [1.165, 1.54) is 0 Å². The van der Waals surface area contributed by atoms with Gasteiger partial charge in [-0.1, -0.05) is 50.2 Å². The first-order valence-electron chi connectivity index (χ1n) is 14.0. The van der Waals surface area contributed by atoms with E-state index in [0.717, 1.165) is 43.1 Å². The molecule has 0 saturated carbocycles. The summed E-state index contributed by atoms with van der Waals surface area (Å²) in [7, 11) is 0. The molecule has 4 aromatic rings. The molecule has 0 unspecified atom stereocenters. The Bertz CT molecular complexity index is 1530. The third kappa shape index (κ3) is 6.57. The van der Waals surface area contributed by atoms with Crippen molar-refractivity contribution in [3.8, 4) is 11.4 Å². The fraction of sp³-hybridized carbons (Fsp3) is 0.312. The summed E-state index contributed by atoms with van der Waals surface area (Å²) in [5, 5.41) is 22.8. The fourth-order valence-electron chi connectivity index (χ4n) is 4.91. The Morgan fingerprint density at radius 2 is 1.69 bits per heavy atom. The summed E-state index contributed by atoms with van der Waals surface area (Å²) in [5.74, 6) is 0.565. The van der Waals surface area contributed by atoms with Gasteiger partial charge in [-0.2, -0.15) is 9.97 Å². The van der Waals surface area contributed by atoms with E-state index >= 15 is 0 Å². The minimum Gasteiger partial charge on any atom is -0.395 e. The van der Waals surface area contributed by atoms with Crippen LogP contribution in [0, 0.1) is 0 Å². The van der Waals surface area contributed by atoms with Gasteiger partial charge in [-0.3, -0.25) is 4.79 Å². The van der Waals surface area contributed by atoms with Gasteiger partial charge in [-0.15, -0.1) is 0 Å². The molecule has 10 heteroatoms. The van der Waals surface area contributed by atoms with E-state index in [9.17, 15) is 15.0 Å². The Morgan fingerprint density at radius 1 is 0.976 bits per heavy atom. The predicted molar refractivity (Wildman–Crippen MR) is 162 cm³/mol. The highest BCUT2D eigenvalue weighted by Gasteiger charge is 2.21. The summed E-state index contributed by atoms with van der Waals surface area (Å²) in [6.07, 6.45) is 0.455. The number of nitrogen functional groups attached to an aromatic ring is 1. The normalized spacial score (nSPS) is 13.7. The molecule has 1 saturated heterocycles. The van der Waals surface area contributed by atoms with Gasteiger partial charge in [-0.25, -0.2) is 4.98 Å². The summed E-state index contributed by atoms with van der Waals surface area (Å²) in [4.78, 5) is 28.7. The lowest BCUT2D eigenvalue weighted by Gasteiger charge is -2.28. The molecule has 1 fully saturated rings. The van der Waals surface area contributed by atoms with Crippen LogP contribution in [0.3, 0.4) is 0 Å². The quantitative estimate of drug-likeness (QED) is 0.238. The van der Waals surface area contributed by atoms with E-state index in [2.05, 4.69) is 49.4 Å². The summed E-state index contributed by atoms with van der Waals surface area (Å²) in [6.45, 7) is 6.71. The molecule has 0 atom stereocenters.